The van der Waals surface area contributed by atoms with Gasteiger partial charge in [0, 0.05) is 44.3 Å². The van der Waals surface area contributed by atoms with Crippen molar-refractivity contribution in [1.29, 1.82) is 5.26 Å². The normalized spacial score (nSPS) is 18.0. The first kappa shape index (κ1) is 23.7. The molecule has 1 N–H and O–H groups in total. The van der Waals surface area contributed by atoms with Gasteiger partial charge in [0.1, 0.15) is 11.9 Å². The number of methoxy groups -OCH3 is 1. The van der Waals surface area contributed by atoms with Gasteiger partial charge in [0.2, 0.25) is 5.91 Å². The molecule has 178 valence electrons. The second-order valence-corrected chi connectivity index (χ2v) is 9.14. The van der Waals surface area contributed by atoms with Gasteiger partial charge < -0.3 is 19.6 Å². The van der Waals surface area contributed by atoms with Gasteiger partial charge in [-0.3, -0.25) is 4.79 Å². The molecule has 34 heavy (non-hydrogen) atoms. The van der Waals surface area contributed by atoms with Crippen molar-refractivity contribution in [2.75, 3.05) is 38.3 Å². The minimum atomic E-state index is -0.952. The number of benzene rings is 1. The Labute approximate surface area is 199 Å². The summed E-state index contributed by atoms with van der Waals surface area (Å²) in [5.41, 5.74) is 4.17. The predicted molar refractivity (Wildman–Crippen MR) is 128 cm³/mol. The fourth-order valence-corrected chi connectivity index (χ4v) is 4.66. The zero-order chi connectivity index (χ0) is 24.4. The summed E-state index contributed by atoms with van der Waals surface area (Å²) in [5.74, 6) is 0.140. The number of pyridine rings is 1. The molecule has 1 aromatic heterocycles. The van der Waals surface area contributed by atoms with Gasteiger partial charge in [-0.2, -0.15) is 5.26 Å². The highest BCUT2D eigenvalue weighted by atomic mass is 16.5. The maximum absolute atomic E-state index is 12.5. The number of carbonyl (C=O) groups excluding carboxylic acids is 1. The van der Waals surface area contributed by atoms with Crippen molar-refractivity contribution in [2.24, 2.45) is 0 Å². The Morgan fingerprint density at radius 1 is 1.26 bits per heavy atom. The van der Waals surface area contributed by atoms with E-state index in [0.717, 1.165) is 29.7 Å². The van der Waals surface area contributed by atoms with Gasteiger partial charge in [-0.1, -0.05) is 12.1 Å². The summed E-state index contributed by atoms with van der Waals surface area (Å²) >= 11 is 0. The van der Waals surface area contributed by atoms with Gasteiger partial charge in [-0.25, -0.2) is 9.78 Å². The van der Waals surface area contributed by atoms with Gasteiger partial charge in [0.15, 0.2) is 0 Å². The maximum atomic E-state index is 12.5. The van der Waals surface area contributed by atoms with Crippen LogP contribution in [0, 0.1) is 18.3 Å². The molecule has 1 unspecified atom stereocenters. The Kier molecular flexibility index (Phi) is 6.85. The summed E-state index contributed by atoms with van der Waals surface area (Å²) in [6.07, 6.45) is 2.47. The van der Waals surface area contributed by atoms with Crippen molar-refractivity contribution in [3.63, 3.8) is 0 Å². The molecule has 1 aromatic carbocycles. The Morgan fingerprint density at radius 3 is 2.62 bits per heavy atom. The number of aromatic nitrogens is 1. The number of carbonyl (C=O) groups is 2. The Morgan fingerprint density at radius 2 is 2.03 bits per heavy atom. The summed E-state index contributed by atoms with van der Waals surface area (Å²) < 4.78 is 5.04. The molecule has 0 bridgehead atoms. The first-order valence-corrected chi connectivity index (χ1v) is 11.7. The van der Waals surface area contributed by atoms with Crippen LogP contribution in [0.3, 0.4) is 0 Å². The largest absolute Gasteiger partial charge is 0.478 e. The third-order valence-electron chi connectivity index (χ3n) is 6.65. The van der Waals surface area contributed by atoms with E-state index in [4.69, 9.17) is 9.72 Å². The van der Waals surface area contributed by atoms with E-state index < -0.39 is 5.97 Å². The van der Waals surface area contributed by atoms with E-state index >= 15 is 0 Å². The fraction of sp³-hybridized carbons (Fsp3) is 0.462. The lowest BCUT2D eigenvalue weighted by molar-refractivity contribution is -0.134. The molecule has 0 spiro atoms. The predicted octanol–water partition coefficient (Wildman–Crippen LogP) is 3.58. The van der Waals surface area contributed by atoms with Gasteiger partial charge in [-0.05, 0) is 49.9 Å². The highest BCUT2D eigenvalue weighted by Gasteiger charge is 2.33. The van der Waals surface area contributed by atoms with Gasteiger partial charge in [-0.15, -0.1) is 0 Å². The van der Waals surface area contributed by atoms with E-state index in [9.17, 15) is 20.0 Å². The molecule has 2 aliphatic rings. The van der Waals surface area contributed by atoms with Crippen molar-refractivity contribution in [2.45, 2.75) is 45.1 Å². The van der Waals surface area contributed by atoms with Crippen LogP contribution in [-0.4, -0.2) is 66.3 Å². The molecule has 2 aromatic rings. The summed E-state index contributed by atoms with van der Waals surface area (Å²) in [4.78, 5) is 32.9. The molecular formula is C26H30N4O4. The maximum Gasteiger partial charge on any atom is 0.335 e. The van der Waals surface area contributed by atoms with Crippen LogP contribution in [-0.2, 0) is 9.53 Å². The van der Waals surface area contributed by atoms with E-state index in [2.05, 4.69) is 11.0 Å². The van der Waals surface area contributed by atoms with E-state index in [1.54, 1.807) is 26.2 Å². The topological polar surface area (TPSA) is 107 Å². The number of hydrogen-bond donors (Lipinski definition) is 1. The molecule has 1 aliphatic carbocycles. The van der Waals surface area contributed by atoms with E-state index in [1.165, 1.54) is 0 Å². The number of nitrogens with zero attached hydrogens (tertiary/aromatic N) is 4. The van der Waals surface area contributed by atoms with Crippen LogP contribution >= 0.6 is 0 Å². The number of carboxylic acid groups (broad SMARTS) is 1. The number of carboxylic acids is 1. The van der Waals surface area contributed by atoms with Crippen molar-refractivity contribution < 1.29 is 19.4 Å². The van der Waals surface area contributed by atoms with Crippen molar-refractivity contribution in [3.05, 3.63) is 46.6 Å². The average Bonchev–Trinajstić information content (AvgIpc) is 3.66. The van der Waals surface area contributed by atoms with Gasteiger partial charge in [0.05, 0.1) is 29.8 Å². The number of anilines is 1. The second kappa shape index (κ2) is 9.82. The minimum absolute atomic E-state index is 0.00159. The number of hydrogen-bond acceptors (Lipinski definition) is 6. The molecule has 1 saturated carbocycles. The first-order valence-electron chi connectivity index (χ1n) is 11.7. The van der Waals surface area contributed by atoms with Crippen LogP contribution in [0.5, 0.6) is 0 Å². The van der Waals surface area contributed by atoms with Crippen LogP contribution in [0.4, 0.5) is 5.82 Å². The lowest BCUT2D eigenvalue weighted by Gasteiger charge is -2.41. The SMILES string of the molecule is COCCC(=O)N1CCN(c2nc(C3CC3)c(-c3ccc(C(=O)O)c(C)c3)cc2C#N)CC1C. The van der Waals surface area contributed by atoms with Gasteiger partial charge in [0.25, 0.3) is 0 Å². The summed E-state index contributed by atoms with van der Waals surface area (Å²) in [7, 11) is 1.59. The molecule has 8 heteroatoms. The summed E-state index contributed by atoms with van der Waals surface area (Å²) in [6, 6.07) is 9.49. The van der Waals surface area contributed by atoms with Crippen LogP contribution in [0.15, 0.2) is 24.3 Å². The van der Waals surface area contributed by atoms with Gasteiger partial charge >= 0.3 is 5.97 Å². The molecular weight excluding hydrogens is 432 g/mol. The molecule has 2 fully saturated rings. The Hall–Kier alpha value is -3.44. The highest BCUT2D eigenvalue weighted by Crippen LogP contribution is 2.45. The number of ether oxygens (including phenoxy) is 1. The first-order chi connectivity index (χ1) is 16.3. The third-order valence-corrected chi connectivity index (χ3v) is 6.65. The number of aromatic carboxylic acids is 1. The summed E-state index contributed by atoms with van der Waals surface area (Å²) in [5, 5.41) is 19.3. The number of rotatable bonds is 7. The zero-order valence-corrected chi connectivity index (χ0v) is 19.9. The molecule has 1 amide bonds. The molecule has 4 rings (SSSR count). The minimum Gasteiger partial charge on any atom is -0.478 e. The molecule has 1 atom stereocenters. The second-order valence-electron chi connectivity index (χ2n) is 9.14. The average molecular weight is 463 g/mol. The monoisotopic (exact) mass is 462 g/mol. The van der Waals surface area contributed by atoms with Crippen molar-refractivity contribution >= 4 is 17.7 Å². The Bertz CT molecular complexity index is 1150. The van der Waals surface area contributed by atoms with Crippen LogP contribution < -0.4 is 4.90 Å². The summed E-state index contributed by atoms with van der Waals surface area (Å²) in [6.45, 7) is 6.01. The highest BCUT2D eigenvalue weighted by molar-refractivity contribution is 5.90. The number of nitriles is 1. The Balaban J connectivity index is 1.65. The standard InChI is InChI=1S/C26H30N4O4/c1-16-12-19(6-7-21(16)26(32)33)22-13-20(14-27)25(28-24(22)18-4-5-18)29-9-10-30(17(2)15-29)23(31)8-11-34-3/h6-7,12-13,17-18H,4-5,8-11,15H2,1-3H3,(H,32,33). The van der Waals surface area contributed by atoms with Crippen molar-refractivity contribution in [1.82, 2.24) is 9.88 Å². The molecule has 1 aliphatic heterocycles. The van der Waals surface area contributed by atoms with Crippen LogP contribution in [0.1, 0.15) is 59.3 Å². The molecule has 2 heterocycles. The third kappa shape index (κ3) is 4.75. The van der Waals surface area contributed by atoms with Crippen molar-refractivity contribution in [3.8, 4) is 17.2 Å². The lowest BCUT2D eigenvalue weighted by Crippen LogP contribution is -2.54. The fourth-order valence-electron chi connectivity index (χ4n) is 4.66. The lowest BCUT2D eigenvalue weighted by atomic mass is 9.95. The zero-order valence-electron chi connectivity index (χ0n) is 19.9. The quantitative estimate of drug-likeness (QED) is 0.670. The van der Waals surface area contributed by atoms with E-state index in [-0.39, 0.29) is 17.5 Å². The number of aryl methyl sites for hydroxylation is 1. The molecule has 8 nitrogen and oxygen atoms in total. The smallest absolute Gasteiger partial charge is 0.335 e. The number of piperazine rings is 1. The molecule has 0 radical (unpaired) electrons. The number of amides is 1. The van der Waals surface area contributed by atoms with Crippen LogP contribution in [0.2, 0.25) is 0 Å². The van der Waals surface area contributed by atoms with Crippen LogP contribution in [0.25, 0.3) is 11.1 Å². The molecule has 1 saturated heterocycles. The van der Waals surface area contributed by atoms with E-state index in [0.29, 0.717) is 55.5 Å². The van der Waals surface area contributed by atoms with E-state index in [1.807, 2.05) is 24.0 Å².